The van der Waals surface area contributed by atoms with E-state index in [9.17, 15) is 0 Å². The standard InChI is InChI=1S/C48H28O/c1-2-12-30-27-31(26-25-29(30)11-1)33-18-8-20-35-34(33)19-9-21-36(35)46-37-14-3-5-16-39(37)47(40-17-6-4-15-38(40)46)42-28-32-13-7-23-43-45(32)48-41(42)22-10-24-44(48)49-43/h1-28H. The van der Waals surface area contributed by atoms with Gasteiger partial charge in [-0.25, -0.2) is 0 Å². The van der Waals surface area contributed by atoms with Crippen molar-refractivity contribution in [1.29, 1.82) is 0 Å². The minimum absolute atomic E-state index is 0.939. The van der Waals surface area contributed by atoms with Crippen LogP contribution < -0.4 is 0 Å². The number of benzene rings is 10. The summed E-state index contributed by atoms with van der Waals surface area (Å²) in [5.41, 5.74) is 9.40. The van der Waals surface area contributed by atoms with Crippen LogP contribution >= 0.6 is 0 Å². The Kier molecular flexibility index (Phi) is 5.45. The van der Waals surface area contributed by atoms with E-state index >= 15 is 0 Å². The summed E-state index contributed by atoms with van der Waals surface area (Å²) in [7, 11) is 0. The first-order valence-corrected chi connectivity index (χ1v) is 16.9. The minimum Gasteiger partial charge on any atom is -0.456 e. The maximum absolute atomic E-state index is 6.36. The van der Waals surface area contributed by atoms with Gasteiger partial charge in [0.2, 0.25) is 0 Å². The van der Waals surface area contributed by atoms with Gasteiger partial charge in [-0.2, -0.15) is 0 Å². The first kappa shape index (κ1) is 26.6. The normalized spacial score (nSPS) is 12.1. The van der Waals surface area contributed by atoms with Crippen LogP contribution in [0.2, 0.25) is 0 Å². The number of fused-ring (bicyclic) bond motifs is 4. The van der Waals surface area contributed by atoms with E-state index in [1.54, 1.807) is 0 Å². The average molecular weight is 621 g/mol. The van der Waals surface area contributed by atoms with Gasteiger partial charge in [0.05, 0.1) is 0 Å². The van der Waals surface area contributed by atoms with Crippen LogP contribution in [0, 0.1) is 0 Å². The maximum Gasteiger partial charge on any atom is 0.136 e. The molecule has 0 saturated carbocycles. The van der Waals surface area contributed by atoms with Crippen molar-refractivity contribution >= 4 is 75.8 Å². The first-order valence-electron chi connectivity index (χ1n) is 16.9. The highest BCUT2D eigenvalue weighted by molar-refractivity contribution is 6.30. The van der Waals surface area contributed by atoms with Gasteiger partial charge in [0, 0.05) is 10.8 Å². The summed E-state index contributed by atoms with van der Waals surface area (Å²) in [5, 5.41) is 14.9. The zero-order valence-electron chi connectivity index (χ0n) is 26.6. The highest BCUT2D eigenvalue weighted by Gasteiger charge is 2.22. The monoisotopic (exact) mass is 620 g/mol. The molecule has 0 unspecified atom stereocenters. The van der Waals surface area contributed by atoms with Crippen LogP contribution in [0.4, 0.5) is 0 Å². The number of hydrogen-bond acceptors (Lipinski definition) is 1. The molecule has 0 aliphatic carbocycles. The van der Waals surface area contributed by atoms with Gasteiger partial charge >= 0.3 is 0 Å². The smallest absolute Gasteiger partial charge is 0.136 e. The molecule has 0 aliphatic rings. The molecule has 1 aromatic heterocycles. The minimum atomic E-state index is 0.939. The lowest BCUT2D eigenvalue weighted by atomic mass is 9.82. The van der Waals surface area contributed by atoms with Crippen molar-refractivity contribution in [2.45, 2.75) is 0 Å². The van der Waals surface area contributed by atoms with E-state index in [0.717, 1.165) is 11.2 Å². The molecule has 0 fully saturated rings. The van der Waals surface area contributed by atoms with Gasteiger partial charge in [0.1, 0.15) is 11.2 Å². The predicted molar refractivity (Wildman–Crippen MR) is 209 cm³/mol. The Morgan fingerprint density at radius 2 is 0.796 bits per heavy atom. The molecule has 1 nitrogen and oxygen atoms in total. The first-order chi connectivity index (χ1) is 24.3. The molecule has 0 bridgehead atoms. The Balaban J connectivity index is 1.23. The fourth-order valence-electron chi connectivity index (χ4n) is 8.52. The third kappa shape index (κ3) is 3.76. The fourth-order valence-corrected chi connectivity index (χ4v) is 8.52. The summed E-state index contributed by atoms with van der Waals surface area (Å²) in [4.78, 5) is 0. The molecule has 0 amide bonds. The molecular formula is C48H28O. The lowest BCUT2D eigenvalue weighted by Gasteiger charge is -2.20. The Morgan fingerprint density at radius 3 is 1.53 bits per heavy atom. The van der Waals surface area contributed by atoms with Crippen molar-refractivity contribution in [1.82, 2.24) is 0 Å². The van der Waals surface area contributed by atoms with Gasteiger partial charge in [0.25, 0.3) is 0 Å². The quantitative estimate of drug-likeness (QED) is 0.141. The van der Waals surface area contributed by atoms with Gasteiger partial charge in [-0.1, -0.05) is 146 Å². The van der Waals surface area contributed by atoms with E-state index in [1.165, 1.54) is 98.0 Å². The Labute approximate surface area is 282 Å². The maximum atomic E-state index is 6.36. The summed E-state index contributed by atoms with van der Waals surface area (Å²) >= 11 is 0. The van der Waals surface area contributed by atoms with Crippen molar-refractivity contribution in [2.24, 2.45) is 0 Å². The van der Waals surface area contributed by atoms with Crippen LogP contribution in [0.1, 0.15) is 0 Å². The van der Waals surface area contributed by atoms with Crippen molar-refractivity contribution in [3.05, 3.63) is 170 Å². The van der Waals surface area contributed by atoms with E-state index in [2.05, 4.69) is 170 Å². The van der Waals surface area contributed by atoms with Crippen LogP contribution in [-0.2, 0) is 0 Å². The topological polar surface area (TPSA) is 13.1 Å². The lowest BCUT2D eigenvalue weighted by molar-refractivity contribution is 0.669. The van der Waals surface area contributed by atoms with E-state index < -0.39 is 0 Å². The van der Waals surface area contributed by atoms with Crippen LogP contribution in [0.5, 0.6) is 0 Å². The van der Waals surface area contributed by atoms with Crippen molar-refractivity contribution in [3.63, 3.8) is 0 Å². The molecule has 0 saturated heterocycles. The van der Waals surface area contributed by atoms with E-state index in [-0.39, 0.29) is 0 Å². The molecule has 0 spiro atoms. The van der Waals surface area contributed by atoms with Gasteiger partial charge in [-0.3, -0.25) is 0 Å². The van der Waals surface area contributed by atoms with E-state index in [1.807, 2.05) is 0 Å². The number of furan rings is 1. The van der Waals surface area contributed by atoms with Crippen LogP contribution in [-0.4, -0.2) is 0 Å². The summed E-state index contributed by atoms with van der Waals surface area (Å²) in [6.45, 7) is 0. The van der Waals surface area contributed by atoms with Gasteiger partial charge in [-0.15, -0.1) is 0 Å². The third-order valence-corrected chi connectivity index (χ3v) is 10.6. The average Bonchev–Trinajstić information content (AvgIpc) is 3.55. The SMILES string of the molecule is c1ccc2cc(-c3cccc4c(-c5c6ccccc6c(-c6cc7cccc8oc9cccc6c9c78)c6ccccc56)cccc34)ccc2c1. The zero-order valence-corrected chi connectivity index (χ0v) is 26.6. The molecule has 49 heavy (non-hydrogen) atoms. The molecule has 0 aliphatic heterocycles. The van der Waals surface area contributed by atoms with Gasteiger partial charge in [0.15, 0.2) is 0 Å². The van der Waals surface area contributed by atoms with Gasteiger partial charge in [-0.05, 0) is 112 Å². The van der Waals surface area contributed by atoms with Crippen molar-refractivity contribution in [3.8, 4) is 33.4 Å². The zero-order chi connectivity index (χ0) is 32.1. The second-order valence-corrected chi connectivity index (χ2v) is 13.2. The molecule has 11 aromatic rings. The molecule has 0 radical (unpaired) electrons. The largest absolute Gasteiger partial charge is 0.456 e. The third-order valence-electron chi connectivity index (χ3n) is 10.6. The second-order valence-electron chi connectivity index (χ2n) is 13.2. The molecule has 11 rings (SSSR count). The van der Waals surface area contributed by atoms with Gasteiger partial charge < -0.3 is 4.42 Å². The highest BCUT2D eigenvalue weighted by Crippen LogP contribution is 2.49. The Morgan fingerprint density at radius 1 is 0.286 bits per heavy atom. The molecular weight excluding hydrogens is 593 g/mol. The second kappa shape index (κ2) is 10.0. The highest BCUT2D eigenvalue weighted by atomic mass is 16.3. The Bertz CT molecular complexity index is 3050. The predicted octanol–water partition coefficient (Wildman–Crippen LogP) is 13.8. The Hall–Kier alpha value is -6.44. The van der Waals surface area contributed by atoms with E-state index in [0.29, 0.717) is 0 Å². The summed E-state index contributed by atoms with van der Waals surface area (Å²) in [5.74, 6) is 0. The molecule has 1 heterocycles. The molecule has 10 aromatic carbocycles. The molecule has 0 N–H and O–H groups in total. The summed E-state index contributed by atoms with van der Waals surface area (Å²) < 4.78 is 6.36. The van der Waals surface area contributed by atoms with E-state index in [4.69, 9.17) is 4.42 Å². The van der Waals surface area contributed by atoms with Crippen LogP contribution in [0.15, 0.2) is 174 Å². The van der Waals surface area contributed by atoms with Crippen molar-refractivity contribution < 1.29 is 4.42 Å². The van der Waals surface area contributed by atoms with Crippen LogP contribution in [0.3, 0.4) is 0 Å². The lowest BCUT2D eigenvalue weighted by Crippen LogP contribution is -1.93. The number of rotatable bonds is 3. The fraction of sp³-hybridized carbons (Fsp3) is 0. The molecule has 0 atom stereocenters. The molecule has 1 heteroatoms. The summed E-state index contributed by atoms with van der Waals surface area (Å²) in [6.07, 6.45) is 0. The summed E-state index contributed by atoms with van der Waals surface area (Å²) in [6, 6.07) is 62.2. The molecule has 226 valence electrons. The van der Waals surface area contributed by atoms with Crippen molar-refractivity contribution in [2.75, 3.05) is 0 Å². The van der Waals surface area contributed by atoms with Crippen LogP contribution in [0.25, 0.3) is 109 Å². The number of hydrogen-bond donors (Lipinski definition) is 0.